The van der Waals surface area contributed by atoms with Crippen molar-refractivity contribution in [2.45, 2.75) is 50.7 Å². The molecule has 3 heterocycles. The van der Waals surface area contributed by atoms with E-state index in [2.05, 4.69) is 27.3 Å². The lowest BCUT2D eigenvalue weighted by Gasteiger charge is -2.29. The number of carbonyl (C=O) groups is 1. The van der Waals surface area contributed by atoms with Crippen LogP contribution in [-0.4, -0.2) is 29.9 Å². The molecule has 0 radical (unpaired) electrons. The number of rotatable bonds is 4. The van der Waals surface area contributed by atoms with Crippen LogP contribution in [0.4, 0.5) is 0 Å². The van der Waals surface area contributed by atoms with E-state index in [1.54, 1.807) is 11.3 Å². The third kappa shape index (κ3) is 4.44. The summed E-state index contributed by atoms with van der Waals surface area (Å²) in [5.41, 5.74) is 0. The van der Waals surface area contributed by atoms with Gasteiger partial charge < -0.3 is 10.2 Å². The molecule has 0 aromatic carbocycles. The van der Waals surface area contributed by atoms with Crippen molar-refractivity contribution in [2.24, 2.45) is 5.92 Å². The van der Waals surface area contributed by atoms with Gasteiger partial charge in [-0.2, -0.15) is 0 Å². The van der Waals surface area contributed by atoms with Gasteiger partial charge in [0.1, 0.15) is 0 Å². The Morgan fingerprint density at radius 1 is 1.38 bits per heavy atom. The van der Waals surface area contributed by atoms with Gasteiger partial charge in [0.2, 0.25) is 5.91 Å². The number of carbonyl (C=O) groups excluding carboxylic acids is 1. The Bertz CT molecular complexity index is 484. The van der Waals surface area contributed by atoms with Gasteiger partial charge in [-0.15, -0.1) is 23.7 Å². The van der Waals surface area contributed by atoms with Gasteiger partial charge in [0.05, 0.1) is 10.3 Å². The van der Waals surface area contributed by atoms with Gasteiger partial charge in [0.25, 0.3) is 0 Å². The van der Waals surface area contributed by atoms with E-state index in [0.717, 1.165) is 16.8 Å². The minimum Gasteiger partial charge on any atom is -0.341 e. The molecule has 3 nitrogen and oxygen atoms in total. The highest BCUT2D eigenvalue weighted by Crippen LogP contribution is 2.33. The molecule has 2 unspecified atom stereocenters. The van der Waals surface area contributed by atoms with Gasteiger partial charge in [0, 0.05) is 30.4 Å². The molecule has 0 spiro atoms. The lowest BCUT2D eigenvalue weighted by Crippen LogP contribution is -2.39. The first-order chi connectivity index (χ1) is 9.60. The minimum absolute atomic E-state index is 0. The van der Waals surface area contributed by atoms with E-state index in [-0.39, 0.29) is 12.4 Å². The van der Waals surface area contributed by atoms with Crippen LogP contribution in [0.5, 0.6) is 0 Å². The predicted molar refractivity (Wildman–Crippen MR) is 93.0 cm³/mol. The molecule has 3 rings (SSSR count). The number of hydrogen-bond donors (Lipinski definition) is 1. The first-order valence-corrected chi connectivity index (χ1v) is 8.95. The normalized spacial score (nSPS) is 27.2. The summed E-state index contributed by atoms with van der Waals surface area (Å²) in [5.74, 6) is 0.875. The summed E-state index contributed by atoms with van der Waals surface area (Å²) in [6, 6.07) is 5.47. The van der Waals surface area contributed by atoms with E-state index in [1.807, 2.05) is 18.0 Å². The number of fused-ring (bicyclic) bond motifs is 2. The van der Waals surface area contributed by atoms with E-state index in [4.69, 9.17) is 0 Å². The van der Waals surface area contributed by atoms with E-state index in [9.17, 15) is 4.79 Å². The quantitative estimate of drug-likeness (QED) is 0.843. The van der Waals surface area contributed by atoms with Gasteiger partial charge in [-0.05, 0) is 59.7 Å². The Morgan fingerprint density at radius 2 is 2.05 bits per heavy atom. The number of nitrogens with zero attached hydrogens (tertiary/aromatic N) is 1. The zero-order valence-electron chi connectivity index (χ0n) is 12.2. The maximum absolute atomic E-state index is 12.4. The molecule has 0 saturated carbocycles. The third-order valence-electron chi connectivity index (χ3n) is 4.48. The Kier molecular flexibility index (Phi) is 6.12. The van der Waals surface area contributed by atoms with Gasteiger partial charge in [-0.3, -0.25) is 4.79 Å². The second kappa shape index (κ2) is 7.44. The molecule has 6 heteroatoms. The smallest absolute Gasteiger partial charge is 0.222 e. The number of thiophene rings is 1. The Labute approximate surface area is 145 Å². The number of hydrogen-bond acceptors (Lipinski definition) is 3. The summed E-state index contributed by atoms with van der Waals surface area (Å²) in [6.07, 6.45) is 5.68. The highest BCUT2D eigenvalue weighted by molar-refractivity contribution is 9.11. The number of halogens is 2. The molecule has 2 saturated heterocycles. The second-order valence-corrected chi connectivity index (χ2v) is 8.68. The Morgan fingerprint density at radius 3 is 2.62 bits per heavy atom. The van der Waals surface area contributed by atoms with Gasteiger partial charge in [-0.1, -0.05) is 0 Å². The van der Waals surface area contributed by atoms with E-state index >= 15 is 0 Å². The average Bonchev–Trinajstić information content (AvgIpc) is 2.95. The standard InChI is InChI=1S/C15H21BrN2OS.ClH/c1-18(9-13-4-5-14(16)20-13)15(19)8-10-6-11-2-3-12(7-10)17-11;/h4-5,10-12,17H,2-3,6-9H2,1H3;1H. The van der Waals surface area contributed by atoms with Crippen LogP contribution < -0.4 is 5.32 Å². The monoisotopic (exact) mass is 392 g/mol. The lowest BCUT2D eigenvalue weighted by molar-refractivity contribution is -0.131. The molecule has 2 bridgehead atoms. The maximum Gasteiger partial charge on any atom is 0.222 e. The summed E-state index contributed by atoms with van der Waals surface area (Å²) in [4.78, 5) is 15.5. The van der Waals surface area contributed by atoms with Crippen molar-refractivity contribution < 1.29 is 4.79 Å². The number of piperidine rings is 1. The molecule has 1 N–H and O–H groups in total. The van der Waals surface area contributed by atoms with Crippen LogP contribution in [0.25, 0.3) is 0 Å². The van der Waals surface area contributed by atoms with Crippen LogP contribution in [-0.2, 0) is 11.3 Å². The van der Waals surface area contributed by atoms with E-state index in [0.29, 0.717) is 23.9 Å². The first-order valence-electron chi connectivity index (χ1n) is 7.34. The molecule has 21 heavy (non-hydrogen) atoms. The van der Waals surface area contributed by atoms with E-state index < -0.39 is 0 Å². The number of amides is 1. The molecule has 1 aromatic heterocycles. The molecule has 1 aromatic rings. The molecule has 118 valence electrons. The third-order valence-corrected chi connectivity index (χ3v) is 6.09. The zero-order valence-corrected chi connectivity index (χ0v) is 15.4. The molecule has 2 aliphatic heterocycles. The predicted octanol–water partition coefficient (Wildman–Crippen LogP) is 3.81. The molecule has 2 fully saturated rings. The summed E-state index contributed by atoms with van der Waals surface area (Å²) in [7, 11) is 1.92. The average molecular weight is 394 g/mol. The SMILES string of the molecule is CN(Cc1ccc(Br)s1)C(=O)CC1CC2CCC(C1)N2.Cl. The fraction of sp³-hybridized carbons (Fsp3) is 0.667. The van der Waals surface area contributed by atoms with Crippen molar-refractivity contribution in [1.82, 2.24) is 10.2 Å². The molecular weight excluding hydrogens is 372 g/mol. The Hall–Kier alpha value is -0.100. The first kappa shape index (κ1) is 17.3. The second-order valence-electron chi connectivity index (χ2n) is 6.14. The maximum atomic E-state index is 12.4. The van der Waals surface area contributed by atoms with Crippen LogP contribution in [0.15, 0.2) is 15.9 Å². The molecule has 0 aliphatic carbocycles. The summed E-state index contributed by atoms with van der Waals surface area (Å²) in [6.45, 7) is 0.729. The van der Waals surface area contributed by atoms with Gasteiger partial charge >= 0.3 is 0 Å². The highest BCUT2D eigenvalue weighted by Gasteiger charge is 2.34. The van der Waals surface area contributed by atoms with Crippen molar-refractivity contribution in [3.05, 3.63) is 20.8 Å². The number of nitrogens with one attached hydrogen (secondary N) is 1. The Balaban J connectivity index is 0.00000161. The van der Waals surface area contributed by atoms with Crippen molar-refractivity contribution in [3.63, 3.8) is 0 Å². The van der Waals surface area contributed by atoms with Crippen LogP contribution >= 0.6 is 39.7 Å². The summed E-state index contributed by atoms with van der Waals surface area (Å²) >= 11 is 5.17. The zero-order chi connectivity index (χ0) is 14.1. The summed E-state index contributed by atoms with van der Waals surface area (Å²) in [5, 5.41) is 3.64. The fourth-order valence-corrected chi connectivity index (χ4v) is 5.04. The molecule has 2 atom stereocenters. The van der Waals surface area contributed by atoms with Gasteiger partial charge in [-0.25, -0.2) is 0 Å². The van der Waals surface area contributed by atoms with Crippen LogP contribution in [0.2, 0.25) is 0 Å². The lowest BCUT2D eigenvalue weighted by atomic mass is 9.89. The largest absolute Gasteiger partial charge is 0.341 e. The van der Waals surface area contributed by atoms with Gasteiger partial charge in [0.15, 0.2) is 0 Å². The highest BCUT2D eigenvalue weighted by atomic mass is 79.9. The molecule has 2 aliphatic rings. The van der Waals surface area contributed by atoms with Crippen molar-refractivity contribution in [1.29, 1.82) is 0 Å². The van der Waals surface area contributed by atoms with Crippen LogP contribution in [0.1, 0.15) is 37.0 Å². The molecule has 1 amide bonds. The topological polar surface area (TPSA) is 32.3 Å². The van der Waals surface area contributed by atoms with Crippen LogP contribution in [0, 0.1) is 5.92 Å². The van der Waals surface area contributed by atoms with Crippen molar-refractivity contribution in [2.75, 3.05) is 7.05 Å². The van der Waals surface area contributed by atoms with Crippen molar-refractivity contribution in [3.8, 4) is 0 Å². The minimum atomic E-state index is 0. The van der Waals surface area contributed by atoms with Crippen LogP contribution in [0.3, 0.4) is 0 Å². The molecular formula is C15H22BrClN2OS. The van der Waals surface area contributed by atoms with E-state index in [1.165, 1.54) is 30.6 Å². The van der Waals surface area contributed by atoms with Crippen molar-refractivity contribution >= 4 is 45.6 Å². The summed E-state index contributed by atoms with van der Waals surface area (Å²) < 4.78 is 1.13. The fourth-order valence-electron chi connectivity index (χ4n) is 3.50.